The molecule has 0 bridgehead atoms. The Hall–Kier alpha value is -2.28. The van der Waals surface area contributed by atoms with Gasteiger partial charge in [0.05, 0.1) is 0 Å². The average Bonchev–Trinajstić information content (AvgIpc) is 3.28. The summed E-state index contributed by atoms with van der Waals surface area (Å²) in [4.78, 5) is 19.9. The molecule has 1 atom stereocenters. The Morgan fingerprint density at radius 2 is 1.64 bits per heavy atom. The molecule has 0 saturated carbocycles. The zero-order chi connectivity index (χ0) is 19.9. The number of alkyl halides is 3. The van der Waals surface area contributed by atoms with Crippen molar-refractivity contribution < 1.29 is 18.0 Å². The second-order valence-electron chi connectivity index (χ2n) is 7.55. The van der Waals surface area contributed by atoms with Gasteiger partial charge >= 0.3 is 6.18 Å². The van der Waals surface area contributed by atoms with Crippen LogP contribution in [0.15, 0.2) is 42.6 Å². The van der Waals surface area contributed by atoms with Crippen LogP contribution in [0.2, 0.25) is 5.02 Å². The summed E-state index contributed by atoms with van der Waals surface area (Å²) in [6.07, 6.45) is -1.81. The molecule has 2 aromatic rings. The highest BCUT2D eigenvalue weighted by atomic mass is 35.5. The van der Waals surface area contributed by atoms with Crippen molar-refractivity contribution in [3.05, 3.63) is 53.2 Å². The fraction of sp³-hybridized carbons (Fsp3) is 0.400. The number of pyridine rings is 1. The van der Waals surface area contributed by atoms with Crippen LogP contribution in [0.25, 0.3) is 0 Å². The van der Waals surface area contributed by atoms with Gasteiger partial charge in [0, 0.05) is 54.1 Å². The van der Waals surface area contributed by atoms with Crippen LogP contribution >= 0.6 is 11.6 Å². The molecule has 8 heteroatoms. The van der Waals surface area contributed by atoms with Gasteiger partial charge in [0.25, 0.3) is 5.78 Å². The van der Waals surface area contributed by atoms with E-state index in [1.165, 1.54) is 12.1 Å². The number of hydrogen-bond donors (Lipinski definition) is 0. The number of halogens is 4. The van der Waals surface area contributed by atoms with E-state index in [4.69, 9.17) is 11.6 Å². The second kappa shape index (κ2) is 6.95. The topological polar surface area (TPSA) is 36.4 Å². The number of anilines is 2. The first-order valence-corrected chi connectivity index (χ1v) is 9.47. The lowest BCUT2D eigenvalue weighted by Crippen LogP contribution is -2.31. The number of nitrogens with zero attached hydrogens (tertiary/aromatic N) is 3. The molecule has 2 aliphatic rings. The summed E-state index contributed by atoms with van der Waals surface area (Å²) in [6.45, 7) is 3.49. The Morgan fingerprint density at radius 3 is 2.25 bits per heavy atom. The van der Waals surface area contributed by atoms with Gasteiger partial charge in [-0.05, 0) is 49.2 Å². The third kappa shape index (κ3) is 3.68. The quantitative estimate of drug-likeness (QED) is 0.695. The molecule has 28 heavy (non-hydrogen) atoms. The van der Waals surface area contributed by atoms with Gasteiger partial charge in [0.2, 0.25) is 0 Å². The molecule has 1 aromatic heterocycles. The summed E-state index contributed by atoms with van der Waals surface area (Å²) >= 11 is 5.97. The van der Waals surface area contributed by atoms with E-state index in [0.717, 1.165) is 50.9 Å². The lowest BCUT2D eigenvalue weighted by atomic mass is 9.86. The Labute approximate surface area is 165 Å². The molecule has 1 aromatic carbocycles. The van der Waals surface area contributed by atoms with Crippen molar-refractivity contribution in [2.75, 3.05) is 36.0 Å². The van der Waals surface area contributed by atoms with Gasteiger partial charge in [-0.3, -0.25) is 4.79 Å². The molecule has 2 saturated heterocycles. The minimum atomic E-state index is -4.88. The second-order valence-corrected chi connectivity index (χ2v) is 7.99. The lowest BCUT2D eigenvalue weighted by Gasteiger charge is -2.26. The molecule has 4 rings (SSSR count). The van der Waals surface area contributed by atoms with Crippen molar-refractivity contribution in [2.45, 2.75) is 19.0 Å². The van der Waals surface area contributed by atoms with Crippen LogP contribution in [-0.2, 0) is 0 Å². The molecule has 4 nitrogen and oxygen atoms in total. The van der Waals surface area contributed by atoms with Gasteiger partial charge in [0.15, 0.2) is 0 Å². The fourth-order valence-corrected chi connectivity index (χ4v) is 4.27. The normalized spacial score (nSPS) is 22.3. The van der Waals surface area contributed by atoms with Crippen molar-refractivity contribution in [1.29, 1.82) is 0 Å². The Kier molecular flexibility index (Phi) is 4.73. The number of ketones is 1. The first kappa shape index (κ1) is 19.1. The number of hydrogen-bond acceptors (Lipinski definition) is 4. The summed E-state index contributed by atoms with van der Waals surface area (Å²) in [5.74, 6) is -1.25. The first-order chi connectivity index (χ1) is 13.3. The molecule has 2 aliphatic heterocycles. The monoisotopic (exact) mass is 409 g/mol. The Bertz CT molecular complexity index is 870. The maximum Gasteiger partial charge on any atom is 0.454 e. The van der Waals surface area contributed by atoms with Gasteiger partial charge < -0.3 is 9.80 Å². The van der Waals surface area contributed by atoms with E-state index in [9.17, 15) is 18.0 Å². The largest absolute Gasteiger partial charge is 0.454 e. The fourth-order valence-electron chi connectivity index (χ4n) is 4.14. The number of aromatic nitrogens is 1. The van der Waals surface area contributed by atoms with Gasteiger partial charge in [-0.1, -0.05) is 11.6 Å². The molecule has 1 unspecified atom stereocenters. The summed E-state index contributed by atoms with van der Waals surface area (Å²) < 4.78 is 37.6. The van der Waals surface area contributed by atoms with E-state index in [1.807, 2.05) is 24.3 Å². The smallest absolute Gasteiger partial charge is 0.371 e. The number of benzene rings is 1. The van der Waals surface area contributed by atoms with Crippen LogP contribution in [0.3, 0.4) is 0 Å². The van der Waals surface area contributed by atoms with Gasteiger partial charge in [-0.15, -0.1) is 0 Å². The predicted octanol–water partition coefficient (Wildman–Crippen LogP) is 4.59. The summed E-state index contributed by atoms with van der Waals surface area (Å²) in [5, 5.41) is 0.711. The summed E-state index contributed by atoms with van der Waals surface area (Å²) in [7, 11) is 0. The van der Waals surface area contributed by atoms with E-state index < -0.39 is 17.5 Å². The average molecular weight is 410 g/mol. The molecular formula is C20H19ClF3N3O. The number of carbonyl (C=O) groups is 1. The van der Waals surface area contributed by atoms with Crippen molar-refractivity contribution >= 4 is 28.9 Å². The molecule has 0 radical (unpaired) electrons. The van der Waals surface area contributed by atoms with Crippen molar-refractivity contribution in [3.63, 3.8) is 0 Å². The Morgan fingerprint density at radius 1 is 1.00 bits per heavy atom. The molecule has 148 valence electrons. The van der Waals surface area contributed by atoms with Crippen LogP contribution < -0.4 is 9.80 Å². The van der Waals surface area contributed by atoms with Gasteiger partial charge in [0.1, 0.15) is 5.82 Å². The predicted molar refractivity (Wildman–Crippen MR) is 102 cm³/mol. The zero-order valence-corrected chi connectivity index (χ0v) is 15.8. The number of rotatable bonds is 3. The summed E-state index contributed by atoms with van der Waals surface area (Å²) in [5.41, 5.74) is 0.856. The van der Waals surface area contributed by atoms with E-state index >= 15 is 0 Å². The van der Waals surface area contributed by atoms with Crippen LogP contribution in [0.5, 0.6) is 0 Å². The third-order valence-electron chi connectivity index (χ3n) is 5.66. The minimum absolute atomic E-state index is 0.141. The van der Waals surface area contributed by atoms with E-state index in [1.54, 1.807) is 0 Å². The molecular weight excluding hydrogens is 391 g/mol. The van der Waals surface area contributed by atoms with Gasteiger partial charge in [-0.2, -0.15) is 13.2 Å². The SMILES string of the molecule is O=C(c1ccc(N2CCC3(CCN(c4ccc(Cl)cc4)C3)C2)nc1)C(F)(F)F. The third-order valence-corrected chi connectivity index (χ3v) is 5.91. The zero-order valence-electron chi connectivity index (χ0n) is 15.0. The Balaban J connectivity index is 1.43. The van der Waals surface area contributed by atoms with E-state index in [0.29, 0.717) is 10.8 Å². The van der Waals surface area contributed by atoms with E-state index in [2.05, 4.69) is 14.8 Å². The number of Topliss-reactive ketones (excluding diaryl/α,β-unsaturated/α-hetero) is 1. The van der Waals surface area contributed by atoms with Crippen molar-refractivity contribution in [3.8, 4) is 0 Å². The summed E-state index contributed by atoms with van der Waals surface area (Å²) in [6, 6.07) is 10.5. The highest BCUT2D eigenvalue weighted by Crippen LogP contribution is 2.42. The van der Waals surface area contributed by atoms with Crippen LogP contribution in [0, 0.1) is 5.41 Å². The van der Waals surface area contributed by atoms with E-state index in [-0.39, 0.29) is 5.41 Å². The molecule has 2 fully saturated rings. The lowest BCUT2D eigenvalue weighted by molar-refractivity contribution is -0.0885. The minimum Gasteiger partial charge on any atom is -0.371 e. The van der Waals surface area contributed by atoms with Crippen LogP contribution in [0.4, 0.5) is 24.7 Å². The van der Waals surface area contributed by atoms with Gasteiger partial charge in [-0.25, -0.2) is 4.98 Å². The van der Waals surface area contributed by atoms with Crippen molar-refractivity contribution in [1.82, 2.24) is 4.98 Å². The van der Waals surface area contributed by atoms with Crippen LogP contribution in [-0.4, -0.2) is 43.1 Å². The standard InChI is InChI=1S/C20H19ClF3N3O/c21-15-2-4-16(5-3-15)26-9-7-19(12-26)8-10-27(13-19)17-6-1-14(11-25-17)18(28)20(22,23)24/h1-6,11H,7-10,12-13H2. The number of carbonyl (C=O) groups excluding carboxylic acids is 1. The first-order valence-electron chi connectivity index (χ1n) is 9.09. The molecule has 0 amide bonds. The molecule has 0 aliphatic carbocycles. The molecule has 0 N–H and O–H groups in total. The maximum absolute atomic E-state index is 12.5. The molecule has 3 heterocycles. The van der Waals surface area contributed by atoms with Crippen molar-refractivity contribution in [2.24, 2.45) is 5.41 Å². The highest BCUT2D eigenvalue weighted by Gasteiger charge is 2.44. The van der Waals surface area contributed by atoms with Crippen LogP contribution in [0.1, 0.15) is 23.2 Å². The molecule has 1 spiro atoms. The highest BCUT2D eigenvalue weighted by molar-refractivity contribution is 6.30. The maximum atomic E-state index is 12.5.